The number of urea groups is 1. The highest BCUT2D eigenvalue weighted by atomic mass is 32.1. The Hall–Kier alpha value is -4.63. The standard InChI is InChI=1S/C26H32N8O6S/c1-26(2,3)40-25(37)31-19-9-7-6-8-18(19)29-22(35)20-11-10-16(14-27-20)17(12-13-33(4)5)30-23(36)32-24-28-15-21(41-24)34(38)39/h6-11,14-15,17H,12-13H2,1-5H3,(H,29,35)(H,31,37)(H2,28,30,32,36). The van der Waals surface area contributed by atoms with Gasteiger partial charge in [-0.05, 0) is 82.9 Å². The van der Waals surface area contributed by atoms with E-state index in [0.29, 0.717) is 29.9 Å². The lowest BCUT2D eigenvalue weighted by atomic mass is 10.1. The van der Waals surface area contributed by atoms with Gasteiger partial charge in [-0.1, -0.05) is 18.2 Å². The number of anilines is 3. The molecule has 2 heterocycles. The first-order valence-corrected chi connectivity index (χ1v) is 13.3. The molecule has 0 radical (unpaired) electrons. The van der Waals surface area contributed by atoms with E-state index in [1.54, 1.807) is 51.1 Å². The number of carbonyl (C=O) groups is 3. The number of pyridine rings is 1. The third-order valence-electron chi connectivity index (χ3n) is 5.30. The van der Waals surface area contributed by atoms with Crippen molar-refractivity contribution < 1.29 is 24.0 Å². The number of nitrogens with one attached hydrogen (secondary N) is 4. The number of rotatable bonds is 10. The zero-order valence-corrected chi connectivity index (χ0v) is 24.1. The van der Waals surface area contributed by atoms with Crippen LogP contribution in [-0.4, -0.2) is 64.1 Å². The maximum absolute atomic E-state index is 13.0. The highest BCUT2D eigenvalue weighted by Gasteiger charge is 2.20. The van der Waals surface area contributed by atoms with Gasteiger partial charge in [0, 0.05) is 6.20 Å². The van der Waals surface area contributed by atoms with Gasteiger partial charge >= 0.3 is 17.1 Å². The minimum atomic E-state index is -0.685. The van der Waals surface area contributed by atoms with Gasteiger partial charge in [0.2, 0.25) is 0 Å². The maximum atomic E-state index is 13.0. The second kappa shape index (κ2) is 13.6. The summed E-state index contributed by atoms with van der Waals surface area (Å²) < 4.78 is 5.29. The molecule has 3 rings (SSSR count). The van der Waals surface area contributed by atoms with E-state index < -0.39 is 34.6 Å². The van der Waals surface area contributed by atoms with Crippen LogP contribution in [0.4, 0.5) is 31.1 Å². The van der Waals surface area contributed by atoms with E-state index in [1.807, 2.05) is 19.0 Å². The van der Waals surface area contributed by atoms with Crippen LogP contribution >= 0.6 is 11.3 Å². The molecule has 14 nitrogen and oxygen atoms in total. The molecule has 41 heavy (non-hydrogen) atoms. The average molecular weight is 585 g/mol. The minimum absolute atomic E-state index is 0.0899. The molecule has 1 aromatic carbocycles. The van der Waals surface area contributed by atoms with Gasteiger partial charge in [-0.2, -0.15) is 0 Å². The molecule has 1 atom stereocenters. The Kier molecular flexibility index (Phi) is 10.3. The highest BCUT2D eigenvalue weighted by Crippen LogP contribution is 2.26. The molecule has 1 unspecified atom stereocenters. The van der Waals surface area contributed by atoms with Crippen molar-refractivity contribution in [2.75, 3.05) is 36.6 Å². The number of nitrogens with zero attached hydrogens (tertiary/aromatic N) is 4. The molecular weight excluding hydrogens is 552 g/mol. The highest BCUT2D eigenvalue weighted by molar-refractivity contribution is 7.18. The number of aromatic nitrogens is 2. The molecule has 218 valence electrons. The summed E-state index contributed by atoms with van der Waals surface area (Å²) >= 11 is 0.745. The molecule has 2 aromatic heterocycles. The van der Waals surface area contributed by atoms with Crippen molar-refractivity contribution in [2.45, 2.75) is 38.8 Å². The van der Waals surface area contributed by atoms with Gasteiger partial charge in [-0.25, -0.2) is 14.6 Å². The first-order chi connectivity index (χ1) is 19.3. The van der Waals surface area contributed by atoms with E-state index >= 15 is 0 Å². The largest absolute Gasteiger partial charge is 0.444 e. The lowest BCUT2D eigenvalue weighted by Gasteiger charge is -2.21. The Morgan fingerprint density at radius 3 is 2.27 bits per heavy atom. The number of amides is 4. The Bertz CT molecular complexity index is 1390. The molecule has 4 N–H and O–H groups in total. The molecule has 0 saturated heterocycles. The number of para-hydroxylation sites is 2. The van der Waals surface area contributed by atoms with Gasteiger partial charge in [0.15, 0.2) is 5.13 Å². The lowest BCUT2D eigenvalue weighted by molar-refractivity contribution is -0.380. The van der Waals surface area contributed by atoms with Crippen LogP contribution in [0.3, 0.4) is 0 Å². The summed E-state index contributed by atoms with van der Waals surface area (Å²) in [4.78, 5) is 58.2. The zero-order valence-electron chi connectivity index (χ0n) is 23.3. The number of carbonyl (C=O) groups excluding carboxylic acids is 3. The van der Waals surface area contributed by atoms with E-state index in [-0.39, 0.29) is 15.8 Å². The number of hydrogen-bond donors (Lipinski definition) is 4. The van der Waals surface area contributed by atoms with Crippen LogP contribution < -0.4 is 21.3 Å². The summed E-state index contributed by atoms with van der Waals surface area (Å²) in [6, 6.07) is 8.83. The average Bonchev–Trinajstić information content (AvgIpc) is 3.35. The topological polar surface area (TPSA) is 181 Å². The molecule has 0 spiro atoms. The van der Waals surface area contributed by atoms with E-state index in [2.05, 4.69) is 31.2 Å². The smallest absolute Gasteiger partial charge is 0.412 e. The summed E-state index contributed by atoms with van der Waals surface area (Å²) in [5.41, 5.74) is 0.799. The van der Waals surface area contributed by atoms with Gasteiger partial charge in [0.25, 0.3) is 5.91 Å². The van der Waals surface area contributed by atoms with Gasteiger partial charge < -0.3 is 20.3 Å². The summed E-state index contributed by atoms with van der Waals surface area (Å²) in [5, 5.41) is 21.5. The molecular formula is C26H32N8O6S. The van der Waals surface area contributed by atoms with Gasteiger partial charge in [0.1, 0.15) is 17.5 Å². The summed E-state index contributed by atoms with van der Waals surface area (Å²) in [7, 11) is 3.79. The summed E-state index contributed by atoms with van der Waals surface area (Å²) in [6.07, 6.45) is 2.43. The van der Waals surface area contributed by atoms with Crippen LogP contribution in [-0.2, 0) is 4.74 Å². The summed E-state index contributed by atoms with van der Waals surface area (Å²) in [5.74, 6) is -0.504. The first kappa shape index (κ1) is 30.9. The SMILES string of the molecule is CN(C)CCC(NC(=O)Nc1ncc([N+](=O)[O-])s1)c1ccc(C(=O)Nc2ccccc2NC(=O)OC(C)(C)C)nc1. The fraction of sp³-hybridized carbons (Fsp3) is 0.346. The quantitative estimate of drug-likeness (QED) is 0.191. The monoisotopic (exact) mass is 584 g/mol. The Morgan fingerprint density at radius 2 is 1.71 bits per heavy atom. The number of hydrogen-bond acceptors (Lipinski definition) is 10. The van der Waals surface area contributed by atoms with E-state index in [4.69, 9.17) is 4.74 Å². The molecule has 0 aliphatic rings. The van der Waals surface area contributed by atoms with E-state index in [0.717, 1.165) is 17.5 Å². The first-order valence-electron chi connectivity index (χ1n) is 12.5. The van der Waals surface area contributed by atoms with Crippen LogP contribution in [0, 0.1) is 10.1 Å². The molecule has 15 heteroatoms. The Labute approximate surface area is 240 Å². The molecule has 0 fully saturated rings. The fourth-order valence-corrected chi connectivity index (χ4v) is 4.08. The van der Waals surface area contributed by atoms with Crippen molar-refractivity contribution in [3.63, 3.8) is 0 Å². The van der Waals surface area contributed by atoms with Crippen molar-refractivity contribution in [1.29, 1.82) is 0 Å². The lowest BCUT2D eigenvalue weighted by Crippen LogP contribution is -2.34. The number of nitro groups is 1. The van der Waals surface area contributed by atoms with Crippen LogP contribution in [0.5, 0.6) is 0 Å². The predicted octanol–water partition coefficient (Wildman–Crippen LogP) is 4.86. The predicted molar refractivity (Wildman–Crippen MR) is 155 cm³/mol. The minimum Gasteiger partial charge on any atom is -0.444 e. The molecule has 3 aromatic rings. The Morgan fingerprint density at radius 1 is 1.02 bits per heavy atom. The van der Waals surface area contributed by atoms with Crippen molar-refractivity contribution in [3.05, 3.63) is 70.2 Å². The Balaban J connectivity index is 1.69. The van der Waals surface area contributed by atoms with Crippen LogP contribution in [0.2, 0.25) is 0 Å². The molecule has 0 aliphatic heterocycles. The van der Waals surface area contributed by atoms with E-state index in [9.17, 15) is 24.5 Å². The number of thiazole rings is 1. The van der Waals surface area contributed by atoms with Crippen LogP contribution in [0.25, 0.3) is 0 Å². The van der Waals surface area contributed by atoms with Crippen molar-refractivity contribution in [2.24, 2.45) is 0 Å². The van der Waals surface area contributed by atoms with E-state index in [1.165, 1.54) is 12.3 Å². The maximum Gasteiger partial charge on any atom is 0.412 e. The second-order valence-electron chi connectivity index (χ2n) is 10.1. The second-order valence-corrected chi connectivity index (χ2v) is 11.1. The molecule has 4 amide bonds. The molecule has 0 saturated carbocycles. The number of benzene rings is 1. The van der Waals surface area contributed by atoms with Gasteiger partial charge in [0.05, 0.1) is 22.3 Å². The zero-order chi connectivity index (χ0) is 30.2. The van der Waals surface area contributed by atoms with Crippen LogP contribution in [0.15, 0.2) is 48.8 Å². The van der Waals surface area contributed by atoms with Crippen LogP contribution in [0.1, 0.15) is 49.3 Å². The summed E-state index contributed by atoms with van der Waals surface area (Å²) in [6.45, 7) is 5.88. The van der Waals surface area contributed by atoms with Crippen molar-refractivity contribution in [1.82, 2.24) is 20.2 Å². The fourth-order valence-electron chi connectivity index (χ4n) is 3.46. The van der Waals surface area contributed by atoms with Crippen molar-refractivity contribution in [3.8, 4) is 0 Å². The normalized spacial score (nSPS) is 11.9. The third kappa shape index (κ3) is 9.81. The molecule has 0 aliphatic carbocycles. The molecule has 0 bridgehead atoms. The van der Waals surface area contributed by atoms with Gasteiger partial charge in [-0.15, -0.1) is 0 Å². The van der Waals surface area contributed by atoms with Gasteiger partial charge in [-0.3, -0.25) is 30.5 Å². The third-order valence-corrected chi connectivity index (χ3v) is 6.16. The number of ether oxygens (including phenoxy) is 1. The van der Waals surface area contributed by atoms with Crippen molar-refractivity contribution >= 4 is 50.9 Å².